The summed E-state index contributed by atoms with van der Waals surface area (Å²) < 4.78 is 39.1. The zero-order valence-electron chi connectivity index (χ0n) is 19.4. The van der Waals surface area contributed by atoms with Crippen LogP contribution in [0.25, 0.3) is 0 Å². The van der Waals surface area contributed by atoms with E-state index in [1.807, 2.05) is 31.2 Å². The van der Waals surface area contributed by atoms with Crippen LogP contribution in [-0.4, -0.2) is 70.5 Å². The summed E-state index contributed by atoms with van der Waals surface area (Å²) in [6, 6.07) is 13.9. The largest absolute Gasteiger partial charge is 0.495 e. The Hall–Kier alpha value is -3.02. The fourth-order valence-corrected chi connectivity index (χ4v) is 5.47. The van der Waals surface area contributed by atoms with Gasteiger partial charge in [0.25, 0.3) is 0 Å². The Morgan fingerprint density at radius 2 is 1.76 bits per heavy atom. The van der Waals surface area contributed by atoms with Gasteiger partial charge in [0.15, 0.2) is 0 Å². The number of hydrogen-bond donors (Lipinski definition) is 3. The molecule has 2 aliphatic heterocycles. The minimum absolute atomic E-state index is 0.106. The lowest BCUT2D eigenvalue weighted by atomic mass is 10.1. The van der Waals surface area contributed by atoms with Crippen molar-refractivity contribution in [2.45, 2.75) is 24.8 Å². The zero-order chi connectivity index (χ0) is 24.1. The standard InChI is InChI=1S/C23H31N5O5S/c1-3-33-18-10-8-17(9-11-18)26-34(30,31)22-16-19(24-25-22)23(29)28-14-12-27(13-15-28)20-6-4-5-7-21(20)32-2/h4-11,19,22,24-26H,3,12-16H2,1-2H3. The Labute approximate surface area is 200 Å². The van der Waals surface area contributed by atoms with Crippen molar-refractivity contribution in [3.8, 4) is 11.5 Å². The molecule has 1 amide bonds. The Kier molecular flexibility index (Phi) is 7.44. The molecule has 2 saturated heterocycles. The molecule has 0 radical (unpaired) electrons. The Balaban J connectivity index is 1.31. The van der Waals surface area contributed by atoms with Crippen LogP contribution in [-0.2, 0) is 14.8 Å². The molecule has 34 heavy (non-hydrogen) atoms. The van der Waals surface area contributed by atoms with Crippen molar-refractivity contribution in [2.75, 3.05) is 49.5 Å². The molecule has 2 fully saturated rings. The Morgan fingerprint density at radius 1 is 1.06 bits per heavy atom. The average molecular weight is 490 g/mol. The van der Waals surface area contributed by atoms with Crippen molar-refractivity contribution < 1.29 is 22.7 Å². The molecule has 0 aliphatic carbocycles. The van der Waals surface area contributed by atoms with E-state index in [2.05, 4.69) is 20.5 Å². The summed E-state index contributed by atoms with van der Waals surface area (Å²) in [7, 11) is -2.10. The first-order valence-corrected chi connectivity index (χ1v) is 12.9. The van der Waals surface area contributed by atoms with Crippen LogP contribution in [0.5, 0.6) is 11.5 Å². The molecule has 2 unspecified atom stereocenters. The molecule has 184 valence electrons. The van der Waals surface area contributed by atoms with E-state index in [0.29, 0.717) is 44.2 Å². The van der Waals surface area contributed by atoms with Gasteiger partial charge in [0.1, 0.15) is 22.9 Å². The van der Waals surface area contributed by atoms with Crippen molar-refractivity contribution in [2.24, 2.45) is 0 Å². The lowest BCUT2D eigenvalue weighted by molar-refractivity contribution is -0.133. The highest BCUT2D eigenvalue weighted by molar-refractivity contribution is 7.93. The summed E-state index contributed by atoms with van der Waals surface area (Å²) in [4.78, 5) is 17.0. The van der Waals surface area contributed by atoms with Crippen molar-refractivity contribution in [1.82, 2.24) is 15.8 Å². The molecule has 4 rings (SSSR count). The number of nitrogens with zero attached hydrogens (tertiary/aromatic N) is 2. The minimum Gasteiger partial charge on any atom is -0.495 e. The van der Waals surface area contributed by atoms with E-state index in [9.17, 15) is 13.2 Å². The van der Waals surface area contributed by atoms with E-state index >= 15 is 0 Å². The number of hydrazine groups is 1. The first-order valence-electron chi connectivity index (χ1n) is 11.3. The highest BCUT2D eigenvalue weighted by Crippen LogP contribution is 2.28. The number of piperazine rings is 1. The monoisotopic (exact) mass is 489 g/mol. The molecule has 0 spiro atoms. The maximum atomic E-state index is 13.0. The number of methoxy groups -OCH3 is 1. The summed E-state index contributed by atoms with van der Waals surface area (Å²) in [5, 5.41) is -0.928. The van der Waals surface area contributed by atoms with E-state index in [1.165, 1.54) is 0 Å². The number of sulfonamides is 1. The summed E-state index contributed by atoms with van der Waals surface area (Å²) in [6.45, 7) is 4.87. The van der Waals surface area contributed by atoms with Gasteiger partial charge >= 0.3 is 0 Å². The third-order valence-electron chi connectivity index (χ3n) is 5.98. The van der Waals surface area contributed by atoms with Crippen molar-refractivity contribution >= 4 is 27.3 Å². The van der Waals surface area contributed by atoms with Gasteiger partial charge < -0.3 is 19.3 Å². The van der Waals surface area contributed by atoms with Gasteiger partial charge in [-0.2, -0.15) is 0 Å². The lowest BCUT2D eigenvalue weighted by Gasteiger charge is -2.37. The Morgan fingerprint density at radius 3 is 2.44 bits per heavy atom. The third kappa shape index (κ3) is 5.37. The fraction of sp³-hybridized carbons (Fsp3) is 0.435. The predicted octanol–water partition coefficient (Wildman–Crippen LogP) is 1.38. The van der Waals surface area contributed by atoms with Crippen LogP contribution < -0.4 is 29.9 Å². The molecule has 2 heterocycles. The first-order chi connectivity index (χ1) is 16.4. The van der Waals surface area contributed by atoms with E-state index in [1.54, 1.807) is 36.3 Å². The molecule has 2 aliphatic rings. The van der Waals surface area contributed by atoms with E-state index < -0.39 is 21.4 Å². The molecule has 2 aromatic carbocycles. The number of ether oxygens (including phenoxy) is 2. The van der Waals surface area contributed by atoms with Crippen LogP contribution in [0.15, 0.2) is 48.5 Å². The number of amides is 1. The van der Waals surface area contributed by atoms with Crippen LogP contribution in [0, 0.1) is 0 Å². The summed E-state index contributed by atoms with van der Waals surface area (Å²) in [5.74, 6) is 1.37. The molecule has 0 saturated carbocycles. The normalized spacial score (nSPS) is 20.8. The summed E-state index contributed by atoms with van der Waals surface area (Å²) in [5.41, 5.74) is 7.08. The van der Waals surface area contributed by atoms with Gasteiger partial charge in [-0.1, -0.05) is 12.1 Å². The van der Waals surface area contributed by atoms with E-state index in [-0.39, 0.29) is 12.3 Å². The molecule has 2 atom stereocenters. The summed E-state index contributed by atoms with van der Waals surface area (Å²) in [6.07, 6.45) is 0.137. The molecule has 10 nitrogen and oxygen atoms in total. The fourth-order valence-electron chi connectivity index (χ4n) is 4.19. The number of para-hydroxylation sites is 2. The van der Waals surface area contributed by atoms with Gasteiger partial charge in [0, 0.05) is 38.3 Å². The maximum Gasteiger partial charge on any atom is 0.250 e. The second-order valence-corrected chi connectivity index (χ2v) is 10.0. The molecule has 11 heteroatoms. The smallest absolute Gasteiger partial charge is 0.250 e. The number of anilines is 2. The second-order valence-electron chi connectivity index (χ2n) is 8.15. The van der Waals surface area contributed by atoms with Crippen LogP contribution in [0.3, 0.4) is 0 Å². The van der Waals surface area contributed by atoms with Crippen molar-refractivity contribution in [3.63, 3.8) is 0 Å². The van der Waals surface area contributed by atoms with Gasteiger partial charge in [-0.05, 0) is 43.3 Å². The summed E-state index contributed by atoms with van der Waals surface area (Å²) >= 11 is 0. The van der Waals surface area contributed by atoms with Gasteiger partial charge in [-0.3, -0.25) is 9.52 Å². The SMILES string of the molecule is CCOc1ccc(NS(=O)(=O)C2CC(C(=O)N3CCN(c4ccccc4OC)CC3)NN2)cc1. The molecule has 2 aromatic rings. The van der Waals surface area contributed by atoms with Crippen LogP contribution in [0.1, 0.15) is 13.3 Å². The lowest BCUT2D eigenvalue weighted by Crippen LogP contribution is -2.53. The maximum absolute atomic E-state index is 13.0. The minimum atomic E-state index is -3.75. The number of benzene rings is 2. The quantitative estimate of drug-likeness (QED) is 0.510. The van der Waals surface area contributed by atoms with Gasteiger partial charge in [-0.25, -0.2) is 19.3 Å². The van der Waals surface area contributed by atoms with Crippen LogP contribution >= 0.6 is 0 Å². The highest BCUT2D eigenvalue weighted by atomic mass is 32.2. The van der Waals surface area contributed by atoms with Crippen LogP contribution in [0.2, 0.25) is 0 Å². The van der Waals surface area contributed by atoms with Gasteiger partial charge in [0.2, 0.25) is 15.9 Å². The molecule has 0 aromatic heterocycles. The van der Waals surface area contributed by atoms with Crippen molar-refractivity contribution in [1.29, 1.82) is 0 Å². The van der Waals surface area contributed by atoms with Crippen LogP contribution in [0.4, 0.5) is 11.4 Å². The number of rotatable bonds is 8. The number of carbonyl (C=O) groups is 1. The number of nitrogens with one attached hydrogen (secondary N) is 3. The highest BCUT2D eigenvalue weighted by Gasteiger charge is 2.39. The number of hydrogen-bond acceptors (Lipinski definition) is 8. The molecular weight excluding hydrogens is 458 g/mol. The molecule has 0 bridgehead atoms. The van der Waals surface area contributed by atoms with Gasteiger partial charge in [-0.15, -0.1) is 0 Å². The van der Waals surface area contributed by atoms with Crippen molar-refractivity contribution in [3.05, 3.63) is 48.5 Å². The Bertz CT molecular complexity index is 1090. The topological polar surface area (TPSA) is 112 Å². The average Bonchev–Trinajstić information content (AvgIpc) is 3.36. The first kappa shape index (κ1) is 24.1. The third-order valence-corrected chi connectivity index (χ3v) is 7.56. The molecular formula is C23H31N5O5S. The zero-order valence-corrected chi connectivity index (χ0v) is 20.2. The van der Waals surface area contributed by atoms with E-state index in [4.69, 9.17) is 9.47 Å². The molecule has 3 N–H and O–H groups in total. The second kappa shape index (κ2) is 10.5. The number of carbonyl (C=O) groups excluding carboxylic acids is 1. The predicted molar refractivity (Wildman–Crippen MR) is 130 cm³/mol. The van der Waals surface area contributed by atoms with Gasteiger partial charge in [0.05, 0.1) is 19.4 Å². The van der Waals surface area contributed by atoms with E-state index in [0.717, 1.165) is 11.4 Å².